The average Bonchev–Trinajstić information content (AvgIpc) is 2.34. The van der Waals surface area contributed by atoms with Gasteiger partial charge >= 0.3 is 0 Å². The zero-order valence-electron chi connectivity index (χ0n) is 8.87. The van der Waals surface area contributed by atoms with Crippen LogP contribution in [-0.2, 0) is 0 Å². The second-order valence-electron chi connectivity index (χ2n) is 3.24. The predicted octanol–water partition coefficient (Wildman–Crippen LogP) is 1.91. The van der Waals surface area contributed by atoms with E-state index in [1.807, 2.05) is 30.5 Å². The molecule has 0 aliphatic carbocycles. The number of anilines is 1. The molecule has 0 radical (unpaired) electrons. The minimum Gasteiger partial charge on any atom is -0.398 e. The Hall–Kier alpha value is -1.62. The van der Waals surface area contributed by atoms with Gasteiger partial charge in [0.15, 0.2) is 0 Å². The number of hydrogen-bond donors (Lipinski definition) is 1. The third-order valence-corrected chi connectivity index (χ3v) is 3.20. The standard InChI is InChI=1S/C11H12N4S/c1-16-10(11-14-6-13-7-15-11)8-4-2-3-5-9(8)12/h2-7,10H,12H2,1H3. The van der Waals surface area contributed by atoms with E-state index in [2.05, 4.69) is 15.0 Å². The number of nitrogen functional groups attached to an aromatic ring is 1. The number of benzene rings is 1. The van der Waals surface area contributed by atoms with Gasteiger partial charge in [0.1, 0.15) is 18.5 Å². The van der Waals surface area contributed by atoms with Gasteiger partial charge in [0.2, 0.25) is 0 Å². The van der Waals surface area contributed by atoms with Crippen LogP contribution in [0.25, 0.3) is 0 Å². The molecule has 2 aromatic rings. The number of para-hydroxylation sites is 1. The van der Waals surface area contributed by atoms with Crippen LogP contribution >= 0.6 is 11.8 Å². The lowest BCUT2D eigenvalue weighted by molar-refractivity contribution is 0.907. The van der Waals surface area contributed by atoms with Crippen molar-refractivity contribution in [1.29, 1.82) is 0 Å². The van der Waals surface area contributed by atoms with Crippen molar-refractivity contribution in [1.82, 2.24) is 15.0 Å². The van der Waals surface area contributed by atoms with Crippen LogP contribution in [0.2, 0.25) is 0 Å². The fourth-order valence-corrected chi connectivity index (χ4v) is 2.31. The van der Waals surface area contributed by atoms with E-state index in [0.29, 0.717) is 0 Å². The zero-order valence-corrected chi connectivity index (χ0v) is 9.69. The fraction of sp³-hybridized carbons (Fsp3) is 0.182. The van der Waals surface area contributed by atoms with E-state index in [-0.39, 0.29) is 5.25 Å². The van der Waals surface area contributed by atoms with Crippen LogP contribution in [0.1, 0.15) is 16.6 Å². The Morgan fingerprint density at radius 3 is 2.50 bits per heavy atom. The number of nitrogens with two attached hydrogens (primary N) is 1. The summed E-state index contributed by atoms with van der Waals surface area (Å²) in [5, 5.41) is 0.0594. The van der Waals surface area contributed by atoms with Gasteiger partial charge in [-0.25, -0.2) is 15.0 Å². The topological polar surface area (TPSA) is 64.7 Å². The molecular formula is C11H12N4S. The molecule has 4 nitrogen and oxygen atoms in total. The number of nitrogens with zero attached hydrogens (tertiary/aromatic N) is 3. The van der Waals surface area contributed by atoms with E-state index in [1.165, 1.54) is 12.7 Å². The van der Waals surface area contributed by atoms with Gasteiger partial charge in [0, 0.05) is 5.69 Å². The number of aromatic nitrogens is 3. The van der Waals surface area contributed by atoms with Crippen LogP contribution < -0.4 is 5.73 Å². The summed E-state index contributed by atoms with van der Waals surface area (Å²) in [6.07, 6.45) is 5.02. The fourth-order valence-electron chi connectivity index (χ4n) is 1.50. The molecule has 1 aromatic heterocycles. The van der Waals surface area contributed by atoms with Crippen molar-refractivity contribution in [2.45, 2.75) is 5.25 Å². The van der Waals surface area contributed by atoms with Crippen molar-refractivity contribution in [3.05, 3.63) is 48.3 Å². The Morgan fingerprint density at radius 1 is 1.19 bits per heavy atom. The van der Waals surface area contributed by atoms with Crippen molar-refractivity contribution in [3.63, 3.8) is 0 Å². The first kappa shape index (κ1) is 10.9. The summed E-state index contributed by atoms with van der Waals surface area (Å²) in [5.41, 5.74) is 7.76. The summed E-state index contributed by atoms with van der Waals surface area (Å²) >= 11 is 1.66. The molecule has 2 rings (SSSR count). The van der Waals surface area contributed by atoms with Gasteiger partial charge < -0.3 is 5.73 Å². The molecule has 0 fully saturated rings. The Morgan fingerprint density at radius 2 is 1.88 bits per heavy atom. The van der Waals surface area contributed by atoms with Crippen LogP contribution in [0.5, 0.6) is 0 Å². The van der Waals surface area contributed by atoms with E-state index in [4.69, 9.17) is 5.73 Å². The summed E-state index contributed by atoms with van der Waals surface area (Å²) in [6, 6.07) is 7.78. The molecule has 1 heterocycles. The van der Waals surface area contributed by atoms with Crippen molar-refractivity contribution in [2.24, 2.45) is 0 Å². The Kier molecular flexibility index (Phi) is 3.36. The lowest BCUT2D eigenvalue weighted by Gasteiger charge is -2.14. The van der Waals surface area contributed by atoms with E-state index in [0.717, 1.165) is 17.1 Å². The first-order valence-corrected chi connectivity index (χ1v) is 6.11. The highest BCUT2D eigenvalue weighted by atomic mass is 32.2. The minimum absolute atomic E-state index is 0.0594. The monoisotopic (exact) mass is 232 g/mol. The SMILES string of the molecule is CSC(c1ncncn1)c1ccccc1N. The molecule has 5 heteroatoms. The van der Waals surface area contributed by atoms with Crippen LogP contribution in [0, 0.1) is 0 Å². The van der Waals surface area contributed by atoms with Crippen LogP contribution in [-0.4, -0.2) is 21.2 Å². The predicted molar refractivity (Wildman–Crippen MR) is 66.0 cm³/mol. The van der Waals surface area contributed by atoms with Crippen LogP contribution in [0.4, 0.5) is 5.69 Å². The largest absolute Gasteiger partial charge is 0.398 e. The summed E-state index contributed by atoms with van der Waals surface area (Å²) < 4.78 is 0. The van der Waals surface area contributed by atoms with Gasteiger partial charge in [-0.2, -0.15) is 0 Å². The van der Waals surface area contributed by atoms with E-state index < -0.39 is 0 Å². The molecule has 0 bridgehead atoms. The third kappa shape index (κ3) is 2.14. The maximum atomic E-state index is 5.95. The number of rotatable bonds is 3. The molecule has 0 saturated heterocycles. The molecule has 1 unspecified atom stereocenters. The van der Waals surface area contributed by atoms with Gasteiger partial charge in [-0.3, -0.25) is 0 Å². The molecular weight excluding hydrogens is 220 g/mol. The van der Waals surface area contributed by atoms with E-state index >= 15 is 0 Å². The van der Waals surface area contributed by atoms with Gasteiger partial charge in [0.25, 0.3) is 0 Å². The number of thioether (sulfide) groups is 1. The Balaban J connectivity index is 2.41. The second kappa shape index (κ2) is 4.94. The highest BCUT2D eigenvalue weighted by Crippen LogP contribution is 2.34. The first-order chi connectivity index (χ1) is 7.83. The van der Waals surface area contributed by atoms with Crippen LogP contribution in [0.15, 0.2) is 36.9 Å². The highest BCUT2D eigenvalue weighted by molar-refractivity contribution is 7.99. The third-order valence-electron chi connectivity index (χ3n) is 2.26. The summed E-state index contributed by atoms with van der Waals surface area (Å²) in [5.74, 6) is 0.736. The van der Waals surface area contributed by atoms with Gasteiger partial charge in [-0.05, 0) is 17.9 Å². The van der Waals surface area contributed by atoms with Gasteiger partial charge in [-0.15, -0.1) is 11.8 Å². The van der Waals surface area contributed by atoms with Gasteiger partial charge in [-0.1, -0.05) is 18.2 Å². The molecule has 0 aliphatic rings. The molecule has 2 N–H and O–H groups in total. The minimum atomic E-state index is 0.0594. The van der Waals surface area contributed by atoms with Gasteiger partial charge in [0.05, 0.1) is 5.25 Å². The summed E-state index contributed by atoms with van der Waals surface area (Å²) in [7, 11) is 0. The van der Waals surface area contributed by atoms with Crippen molar-refractivity contribution >= 4 is 17.4 Å². The molecule has 16 heavy (non-hydrogen) atoms. The molecule has 1 aromatic carbocycles. The first-order valence-electron chi connectivity index (χ1n) is 4.82. The second-order valence-corrected chi connectivity index (χ2v) is 4.18. The molecule has 0 saturated carbocycles. The van der Waals surface area contributed by atoms with E-state index in [9.17, 15) is 0 Å². The van der Waals surface area contributed by atoms with Crippen molar-refractivity contribution < 1.29 is 0 Å². The van der Waals surface area contributed by atoms with E-state index in [1.54, 1.807) is 11.8 Å². The quantitative estimate of drug-likeness (QED) is 0.819. The molecule has 0 spiro atoms. The Labute approximate surface area is 98.3 Å². The molecule has 0 amide bonds. The maximum absolute atomic E-state index is 5.95. The summed E-state index contributed by atoms with van der Waals surface area (Å²) in [4.78, 5) is 12.2. The van der Waals surface area contributed by atoms with Crippen molar-refractivity contribution in [2.75, 3.05) is 12.0 Å². The zero-order chi connectivity index (χ0) is 11.4. The lowest BCUT2D eigenvalue weighted by Crippen LogP contribution is -2.05. The molecule has 1 atom stereocenters. The summed E-state index contributed by atoms with van der Waals surface area (Å²) in [6.45, 7) is 0. The maximum Gasteiger partial charge on any atom is 0.149 e. The smallest absolute Gasteiger partial charge is 0.149 e. The number of hydrogen-bond acceptors (Lipinski definition) is 5. The van der Waals surface area contributed by atoms with Crippen molar-refractivity contribution in [3.8, 4) is 0 Å². The average molecular weight is 232 g/mol. The van der Waals surface area contributed by atoms with Crippen LogP contribution in [0.3, 0.4) is 0 Å². The molecule has 0 aliphatic heterocycles. The normalized spacial score (nSPS) is 12.3. The Bertz CT molecular complexity index is 461. The lowest BCUT2D eigenvalue weighted by atomic mass is 10.1. The molecule has 82 valence electrons. The highest BCUT2D eigenvalue weighted by Gasteiger charge is 2.17.